The minimum atomic E-state index is -1.03. The number of para-hydroxylation sites is 1. The normalized spacial score (nSPS) is 10.6. The predicted octanol–water partition coefficient (Wildman–Crippen LogP) is 3.56. The molecule has 0 aliphatic carbocycles. The quantitative estimate of drug-likeness (QED) is 0.631. The highest BCUT2D eigenvalue weighted by Gasteiger charge is 2.03. The lowest BCUT2D eigenvalue weighted by atomic mass is 10.2. The maximum Gasteiger partial charge on any atom is 0.341 e. The molecule has 0 saturated carbocycles. The van der Waals surface area contributed by atoms with Gasteiger partial charge in [-0.15, -0.1) is 0 Å². The molecule has 0 unspecified atom stereocenters. The van der Waals surface area contributed by atoms with Gasteiger partial charge in [-0.3, -0.25) is 5.43 Å². The summed E-state index contributed by atoms with van der Waals surface area (Å²) in [4.78, 5) is 10.6. The van der Waals surface area contributed by atoms with E-state index in [1.165, 1.54) is 0 Å². The second kappa shape index (κ2) is 7.47. The number of benzene rings is 2. The second-order valence-electron chi connectivity index (χ2n) is 4.55. The standard InChI is InChI=1S/C16H15ClN2O3/c1-11-6-7-13(8-14(11)17)19-18-9-12-4-2-3-5-15(12)22-10-16(20)21/h2-9,19H,10H2,1H3,(H,20,21)/b18-9-. The van der Waals surface area contributed by atoms with E-state index >= 15 is 0 Å². The van der Waals surface area contributed by atoms with Crippen LogP contribution in [0.1, 0.15) is 11.1 Å². The summed E-state index contributed by atoms with van der Waals surface area (Å²) in [5.74, 6) is -0.573. The van der Waals surface area contributed by atoms with E-state index in [-0.39, 0.29) is 0 Å². The van der Waals surface area contributed by atoms with Crippen molar-refractivity contribution in [1.29, 1.82) is 0 Å². The van der Waals surface area contributed by atoms with Gasteiger partial charge in [0.2, 0.25) is 0 Å². The van der Waals surface area contributed by atoms with Crippen LogP contribution in [0.25, 0.3) is 0 Å². The van der Waals surface area contributed by atoms with Crippen molar-refractivity contribution in [2.75, 3.05) is 12.0 Å². The van der Waals surface area contributed by atoms with Crippen molar-refractivity contribution in [3.8, 4) is 5.75 Å². The van der Waals surface area contributed by atoms with Gasteiger partial charge in [-0.2, -0.15) is 5.10 Å². The summed E-state index contributed by atoms with van der Waals surface area (Å²) in [6.07, 6.45) is 1.56. The zero-order valence-corrected chi connectivity index (χ0v) is 12.7. The van der Waals surface area contributed by atoms with E-state index in [0.717, 1.165) is 11.3 Å². The van der Waals surface area contributed by atoms with Gasteiger partial charge in [-0.1, -0.05) is 29.8 Å². The molecule has 5 nitrogen and oxygen atoms in total. The Morgan fingerprint density at radius 2 is 2.14 bits per heavy atom. The Morgan fingerprint density at radius 3 is 2.86 bits per heavy atom. The van der Waals surface area contributed by atoms with E-state index < -0.39 is 12.6 Å². The number of anilines is 1. The molecule has 0 amide bonds. The van der Waals surface area contributed by atoms with E-state index in [9.17, 15) is 4.79 Å². The smallest absolute Gasteiger partial charge is 0.341 e. The molecule has 2 N–H and O–H groups in total. The van der Waals surface area contributed by atoms with Crippen LogP contribution >= 0.6 is 11.6 Å². The molecule has 0 radical (unpaired) electrons. The highest BCUT2D eigenvalue weighted by molar-refractivity contribution is 6.31. The van der Waals surface area contributed by atoms with Crippen molar-refractivity contribution in [2.24, 2.45) is 5.10 Å². The molecular weight excluding hydrogens is 304 g/mol. The number of hydrogen-bond acceptors (Lipinski definition) is 4. The number of nitrogens with zero attached hydrogens (tertiary/aromatic N) is 1. The van der Waals surface area contributed by atoms with Crippen LogP contribution in [0.2, 0.25) is 5.02 Å². The van der Waals surface area contributed by atoms with E-state index in [0.29, 0.717) is 16.3 Å². The number of carboxylic acid groups (broad SMARTS) is 1. The molecule has 0 spiro atoms. The number of ether oxygens (including phenoxy) is 1. The average molecular weight is 319 g/mol. The van der Waals surface area contributed by atoms with E-state index in [2.05, 4.69) is 10.5 Å². The number of aliphatic carboxylic acids is 1. The summed E-state index contributed by atoms with van der Waals surface area (Å²) >= 11 is 6.04. The van der Waals surface area contributed by atoms with Gasteiger partial charge in [0.25, 0.3) is 0 Å². The third-order valence-corrected chi connectivity index (χ3v) is 3.25. The molecule has 0 aromatic heterocycles. The van der Waals surface area contributed by atoms with E-state index in [4.69, 9.17) is 21.4 Å². The number of hydrazone groups is 1. The van der Waals surface area contributed by atoms with Gasteiger partial charge in [0.05, 0.1) is 11.9 Å². The summed E-state index contributed by atoms with van der Waals surface area (Å²) in [6, 6.07) is 12.6. The zero-order chi connectivity index (χ0) is 15.9. The van der Waals surface area contributed by atoms with Crippen molar-refractivity contribution >= 4 is 29.5 Å². The molecule has 2 rings (SSSR count). The highest BCUT2D eigenvalue weighted by atomic mass is 35.5. The first-order valence-electron chi connectivity index (χ1n) is 6.55. The fraction of sp³-hybridized carbons (Fsp3) is 0.125. The molecule has 0 fully saturated rings. The molecule has 2 aromatic rings. The first-order valence-corrected chi connectivity index (χ1v) is 6.93. The number of rotatable bonds is 6. The third-order valence-electron chi connectivity index (χ3n) is 2.84. The van der Waals surface area contributed by atoms with Crippen molar-refractivity contribution in [1.82, 2.24) is 0 Å². The monoisotopic (exact) mass is 318 g/mol. The maximum atomic E-state index is 10.6. The highest BCUT2D eigenvalue weighted by Crippen LogP contribution is 2.20. The number of nitrogens with one attached hydrogen (secondary N) is 1. The molecule has 0 aliphatic heterocycles. The van der Waals surface area contributed by atoms with Gasteiger partial charge in [-0.05, 0) is 36.8 Å². The zero-order valence-electron chi connectivity index (χ0n) is 11.9. The van der Waals surface area contributed by atoms with Gasteiger partial charge in [0.1, 0.15) is 5.75 Å². The lowest BCUT2D eigenvalue weighted by molar-refractivity contribution is -0.139. The van der Waals surface area contributed by atoms with Crippen LogP contribution in [0.3, 0.4) is 0 Å². The van der Waals surface area contributed by atoms with Crippen LogP contribution < -0.4 is 10.2 Å². The lowest BCUT2D eigenvalue weighted by Gasteiger charge is -2.06. The minimum Gasteiger partial charge on any atom is -0.481 e. The average Bonchev–Trinajstić information content (AvgIpc) is 2.50. The van der Waals surface area contributed by atoms with Crippen LogP contribution in [-0.2, 0) is 4.79 Å². The van der Waals surface area contributed by atoms with Crippen LogP contribution in [0.15, 0.2) is 47.6 Å². The van der Waals surface area contributed by atoms with Gasteiger partial charge in [0, 0.05) is 10.6 Å². The Morgan fingerprint density at radius 1 is 1.36 bits per heavy atom. The van der Waals surface area contributed by atoms with Crippen LogP contribution in [0.5, 0.6) is 5.75 Å². The van der Waals surface area contributed by atoms with Crippen molar-refractivity contribution < 1.29 is 14.6 Å². The van der Waals surface area contributed by atoms with Crippen LogP contribution in [0.4, 0.5) is 5.69 Å². The largest absolute Gasteiger partial charge is 0.481 e. The number of carboxylic acids is 1. The topological polar surface area (TPSA) is 70.9 Å². The summed E-state index contributed by atoms with van der Waals surface area (Å²) in [7, 11) is 0. The molecule has 6 heteroatoms. The van der Waals surface area contributed by atoms with Gasteiger partial charge in [-0.25, -0.2) is 4.79 Å². The minimum absolute atomic E-state index is 0.397. The van der Waals surface area contributed by atoms with E-state index in [1.807, 2.05) is 25.1 Å². The molecule has 0 atom stereocenters. The summed E-state index contributed by atoms with van der Waals surface area (Å²) in [5, 5.41) is 13.4. The fourth-order valence-electron chi connectivity index (χ4n) is 1.70. The van der Waals surface area contributed by atoms with Crippen LogP contribution in [-0.4, -0.2) is 23.9 Å². The first-order chi connectivity index (χ1) is 10.6. The fourth-order valence-corrected chi connectivity index (χ4v) is 1.88. The van der Waals surface area contributed by atoms with E-state index in [1.54, 1.807) is 30.5 Å². The number of hydrogen-bond donors (Lipinski definition) is 2. The third kappa shape index (κ3) is 4.49. The molecule has 0 saturated heterocycles. The van der Waals surface area contributed by atoms with Gasteiger partial charge < -0.3 is 9.84 Å². The van der Waals surface area contributed by atoms with Crippen molar-refractivity contribution in [3.63, 3.8) is 0 Å². The summed E-state index contributed by atoms with van der Waals surface area (Å²) in [6.45, 7) is 1.53. The summed E-state index contributed by atoms with van der Waals surface area (Å²) < 4.78 is 5.20. The van der Waals surface area contributed by atoms with Gasteiger partial charge >= 0.3 is 5.97 Å². The molecular formula is C16H15ClN2O3. The maximum absolute atomic E-state index is 10.6. The SMILES string of the molecule is Cc1ccc(N/N=C\c2ccccc2OCC(=O)O)cc1Cl. The predicted molar refractivity (Wildman–Crippen MR) is 87.0 cm³/mol. The Hall–Kier alpha value is -2.53. The number of carbonyl (C=O) groups is 1. The van der Waals surface area contributed by atoms with Crippen molar-refractivity contribution in [2.45, 2.75) is 6.92 Å². The Balaban J connectivity index is 2.06. The second-order valence-corrected chi connectivity index (χ2v) is 4.96. The molecule has 0 heterocycles. The molecule has 2 aromatic carbocycles. The Bertz CT molecular complexity index is 702. The number of aryl methyl sites for hydroxylation is 1. The molecule has 22 heavy (non-hydrogen) atoms. The first kappa shape index (κ1) is 15.9. The Kier molecular flexibility index (Phi) is 5.38. The molecule has 114 valence electrons. The van der Waals surface area contributed by atoms with Crippen molar-refractivity contribution in [3.05, 3.63) is 58.6 Å². The summed E-state index contributed by atoms with van der Waals surface area (Å²) in [5.41, 5.74) is 5.29. The number of halogens is 1. The Labute approximate surface area is 133 Å². The lowest BCUT2D eigenvalue weighted by Crippen LogP contribution is -2.10. The van der Waals surface area contributed by atoms with Gasteiger partial charge in [0.15, 0.2) is 6.61 Å². The molecule has 0 aliphatic rings. The molecule has 0 bridgehead atoms. The van der Waals surface area contributed by atoms with Crippen LogP contribution in [0, 0.1) is 6.92 Å².